The van der Waals surface area contributed by atoms with Crippen molar-refractivity contribution in [3.63, 3.8) is 0 Å². The molecule has 1 aromatic heterocycles. The normalized spacial score (nSPS) is 18.2. The number of benzene rings is 1. The fraction of sp³-hybridized carbons (Fsp3) is 0.318. The minimum absolute atomic E-state index is 0.0107. The third-order valence-corrected chi connectivity index (χ3v) is 5.01. The quantitative estimate of drug-likeness (QED) is 0.424. The first-order valence-electron chi connectivity index (χ1n) is 9.44. The first kappa shape index (κ1) is 21.3. The van der Waals surface area contributed by atoms with Crippen molar-refractivity contribution >= 4 is 17.4 Å². The standard InChI is InChI=1S/C22H25N3O5/c1-24(2)11-12-25-19(14-7-9-23-10-8-14)18(21(27)22(25)28)20(26)16-13-15(29-3)5-6-17(16)30-4/h5-10,13,19,26H,11-12H2,1-4H3/b20-18+. The van der Waals surface area contributed by atoms with Gasteiger partial charge in [0.05, 0.1) is 31.4 Å². The van der Waals surface area contributed by atoms with E-state index < -0.39 is 17.7 Å². The highest BCUT2D eigenvalue weighted by atomic mass is 16.5. The number of likely N-dealkylation sites (tertiary alicyclic amines) is 1. The summed E-state index contributed by atoms with van der Waals surface area (Å²) in [7, 11) is 6.75. The molecule has 158 valence electrons. The van der Waals surface area contributed by atoms with Gasteiger partial charge in [-0.25, -0.2) is 0 Å². The third-order valence-electron chi connectivity index (χ3n) is 5.01. The summed E-state index contributed by atoms with van der Waals surface area (Å²) < 4.78 is 10.6. The molecule has 8 heteroatoms. The summed E-state index contributed by atoms with van der Waals surface area (Å²) in [5, 5.41) is 11.2. The Morgan fingerprint density at radius 3 is 2.43 bits per heavy atom. The van der Waals surface area contributed by atoms with Crippen molar-refractivity contribution < 1.29 is 24.2 Å². The number of carbonyl (C=O) groups excluding carboxylic acids is 2. The van der Waals surface area contributed by atoms with E-state index in [2.05, 4.69) is 4.98 Å². The smallest absolute Gasteiger partial charge is 0.295 e. The number of methoxy groups -OCH3 is 2. The van der Waals surface area contributed by atoms with E-state index in [0.29, 0.717) is 30.2 Å². The summed E-state index contributed by atoms with van der Waals surface area (Å²) in [6, 6.07) is 7.63. The summed E-state index contributed by atoms with van der Waals surface area (Å²) in [6.07, 6.45) is 3.18. The summed E-state index contributed by atoms with van der Waals surface area (Å²) in [5.41, 5.74) is 0.976. The third kappa shape index (κ3) is 3.99. The Labute approximate surface area is 175 Å². The van der Waals surface area contributed by atoms with Crippen LogP contribution in [0.4, 0.5) is 0 Å². The fourth-order valence-corrected chi connectivity index (χ4v) is 3.45. The highest BCUT2D eigenvalue weighted by Gasteiger charge is 2.46. The lowest BCUT2D eigenvalue weighted by atomic mass is 9.95. The molecule has 0 radical (unpaired) electrons. The minimum atomic E-state index is -0.738. The molecule has 1 atom stereocenters. The van der Waals surface area contributed by atoms with Gasteiger partial charge in [0.25, 0.3) is 11.7 Å². The molecule has 2 aromatic rings. The molecule has 0 aliphatic carbocycles. The second-order valence-corrected chi connectivity index (χ2v) is 7.14. The highest BCUT2D eigenvalue weighted by molar-refractivity contribution is 6.46. The number of hydrogen-bond acceptors (Lipinski definition) is 7. The predicted octanol–water partition coefficient (Wildman–Crippen LogP) is 2.08. The Morgan fingerprint density at radius 1 is 1.13 bits per heavy atom. The molecule has 0 saturated carbocycles. The van der Waals surface area contributed by atoms with Crippen LogP contribution in [0.2, 0.25) is 0 Å². The molecule has 1 aliphatic rings. The van der Waals surface area contributed by atoms with Crippen molar-refractivity contribution in [3.05, 3.63) is 59.4 Å². The van der Waals surface area contributed by atoms with Crippen LogP contribution in [0, 0.1) is 0 Å². The first-order valence-corrected chi connectivity index (χ1v) is 9.44. The Kier molecular flexibility index (Phi) is 6.37. The zero-order valence-corrected chi connectivity index (χ0v) is 17.5. The summed E-state index contributed by atoms with van der Waals surface area (Å²) >= 11 is 0. The lowest BCUT2D eigenvalue weighted by Crippen LogP contribution is -2.35. The van der Waals surface area contributed by atoms with Gasteiger partial charge in [-0.2, -0.15) is 0 Å². The van der Waals surface area contributed by atoms with E-state index in [4.69, 9.17) is 9.47 Å². The van der Waals surface area contributed by atoms with Gasteiger partial charge in [0.2, 0.25) is 0 Å². The van der Waals surface area contributed by atoms with Crippen molar-refractivity contribution in [2.45, 2.75) is 6.04 Å². The molecule has 1 fully saturated rings. The Balaban J connectivity index is 2.20. The SMILES string of the molecule is COc1ccc(OC)c(/C(O)=C2\C(=O)C(=O)N(CCN(C)C)C2c2ccncc2)c1. The molecule has 0 spiro atoms. The lowest BCUT2D eigenvalue weighted by molar-refractivity contribution is -0.140. The molecule has 1 aromatic carbocycles. The van der Waals surface area contributed by atoms with Crippen molar-refractivity contribution in [2.24, 2.45) is 0 Å². The number of nitrogens with zero attached hydrogens (tertiary/aromatic N) is 3. The van der Waals surface area contributed by atoms with Gasteiger partial charge in [0, 0.05) is 25.5 Å². The van der Waals surface area contributed by atoms with Crippen LogP contribution >= 0.6 is 0 Å². The number of Topliss-reactive ketones (excluding diaryl/α,β-unsaturated/α-hetero) is 1. The number of aromatic nitrogens is 1. The number of hydrogen-bond donors (Lipinski definition) is 1. The Morgan fingerprint density at radius 2 is 1.83 bits per heavy atom. The molecule has 1 amide bonds. The zero-order valence-electron chi connectivity index (χ0n) is 17.5. The van der Waals surface area contributed by atoms with Gasteiger partial charge < -0.3 is 24.4 Å². The van der Waals surface area contributed by atoms with Crippen molar-refractivity contribution in [2.75, 3.05) is 41.4 Å². The summed E-state index contributed by atoms with van der Waals surface area (Å²) in [4.78, 5) is 33.3. The second kappa shape index (κ2) is 8.96. The van der Waals surface area contributed by atoms with E-state index in [0.717, 1.165) is 0 Å². The van der Waals surface area contributed by atoms with Crippen LogP contribution in [0.25, 0.3) is 5.76 Å². The van der Waals surface area contributed by atoms with Crippen LogP contribution in [0.15, 0.2) is 48.3 Å². The van der Waals surface area contributed by atoms with Crippen LogP contribution in [-0.2, 0) is 9.59 Å². The molecule has 2 heterocycles. The van der Waals surface area contributed by atoms with E-state index in [1.54, 1.807) is 42.7 Å². The molecule has 1 aliphatic heterocycles. The van der Waals surface area contributed by atoms with Crippen LogP contribution < -0.4 is 9.47 Å². The average Bonchev–Trinajstić information content (AvgIpc) is 3.02. The van der Waals surface area contributed by atoms with E-state index >= 15 is 0 Å². The lowest BCUT2D eigenvalue weighted by Gasteiger charge is -2.26. The number of rotatable bonds is 7. The molecule has 1 saturated heterocycles. The molecule has 1 unspecified atom stereocenters. The second-order valence-electron chi connectivity index (χ2n) is 7.14. The van der Waals surface area contributed by atoms with Crippen LogP contribution in [0.1, 0.15) is 17.2 Å². The van der Waals surface area contributed by atoms with Crippen molar-refractivity contribution in [1.82, 2.24) is 14.8 Å². The molecular formula is C22H25N3O5. The van der Waals surface area contributed by atoms with Gasteiger partial charge in [-0.05, 0) is 50.0 Å². The molecule has 1 N–H and O–H groups in total. The van der Waals surface area contributed by atoms with E-state index in [9.17, 15) is 14.7 Å². The number of amides is 1. The predicted molar refractivity (Wildman–Crippen MR) is 111 cm³/mol. The molecule has 8 nitrogen and oxygen atoms in total. The molecule has 0 bridgehead atoms. The van der Waals surface area contributed by atoms with Crippen molar-refractivity contribution in [3.8, 4) is 11.5 Å². The van der Waals surface area contributed by atoms with Gasteiger partial charge in [0.15, 0.2) is 0 Å². The van der Waals surface area contributed by atoms with Crippen LogP contribution in [-0.4, -0.2) is 73.0 Å². The number of ketones is 1. The minimum Gasteiger partial charge on any atom is -0.507 e. The number of pyridine rings is 1. The maximum atomic E-state index is 13.0. The van der Waals surface area contributed by atoms with Crippen LogP contribution in [0.5, 0.6) is 11.5 Å². The van der Waals surface area contributed by atoms with Crippen molar-refractivity contribution in [1.29, 1.82) is 0 Å². The summed E-state index contributed by atoms with van der Waals surface area (Å²) in [5.74, 6) is -0.848. The van der Waals surface area contributed by atoms with E-state index in [-0.39, 0.29) is 16.9 Å². The topological polar surface area (TPSA) is 92.2 Å². The van der Waals surface area contributed by atoms with Gasteiger partial charge >= 0.3 is 0 Å². The molecule has 30 heavy (non-hydrogen) atoms. The van der Waals surface area contributed by atoms with E-state index in [1.165, 1.54) is 19.1 Å². The van der Waals surface area contributed by atoms with Crippen LogP contribution in [0.3, 0.4) is 0 Å². The summed E-state index contributed by atoms with van der Waals surface area (Å²) in [6.45, 7) is 0.897. The van der Waals surface area contributed by atoms with Gasteiger partial charge in [-0.15, -0.1) is 0 Å². The van der Waals surface area contributed by atoms with Gasteiger partial charge in [0.1, 0.15) is 17.3 Å². The Hall–Kier alpha value is -3.39. The highest BCUT2D eigenvalue weighted by Crippen LogP contribution is 2.41. The number of carbonyl (C=O) groups is 2. The maximum Gasteiger partial charge on any atom is 0.295 e. The largest absolute Gasteiger partial charge is 0.507 e. The number of aliphatic hydroxyl groups excluding tert-OH is 1. The monoisotopic (exact) mass is 411 g/mol. The molecule has 3 rings (SSSR count). The van der Waals surface area contributed by atoms with E-state index in [1.807, 2.05) is 19.0 Å². The fourth-order valence-electron chi connectivity index (χ4n) is 3.45. The van der Waals surface area contributed by atoms with Gasteiger partial charge in [-0.3, -0.25) is 14.6 Å². The molecular weight excluding hydrogens is 386 g/mol. The Bertz CT molecular complexity index is 972. The number of ether oxygens (including phenoxy) is 2. The number of aliphatic hydroxyl groups is 1. The van der Waals surface area contributed by atoms with Gasteiger partial charge in [-0.1, -0.05) is 0 Å². The zero-order chi connectivity index (χ0) is 21.8. The average molecular weight is 411 g/mol. The first-order chi connectivity index (χ1) is 14.4. The number of likely N-dealkylation sites (N-methyl/N-ethyl adjacent to an activating group) is 1. The maximum absolute atomic E-state index is 13.0.